The Hall–Kier alpha value is -3.67. The van der Waals surface area contributed by atoms with E-state index < -0.39 is 12.1 Å². The molecule has 0 saturated heterocycles. The van der Waals surface area contributed by atoms with Gasteiger partial charge in [-0.25, -0.2) is 4.79 Å². The number of carbonyl (C=O) groups excluding carboxylic acids is 2. The number of hydrogen-bond acceptors (Lipinski definition) is 4. The molecule has 0 aliphatic rings. The summed E-state index contributed by atoms with van der Waals surface area (Å²) < 4.78 is 7.18. The van der Waals surface area contributed by atoms with Gasteiger partial charge in [0.2, 0.25) is 0 Å². The number of nitrogens with zero attached hydrogens (tertiary/aromatic N) is 2. The molecule has 0 saturated carbocycles. The zero-order valence-electron chi connectivity index (χ0n) is 19.2. The number of rotatable bonds is 7. The zero-order valence-corrected chi connectivity index (χ0v) is 19.2. The van der Waals surface area contributed by atoms with Crippen molar-refractivity contribution in [3.8, 4) is 0 Å². The first-order valence-electron chi connectivity index (χ1n) is 10.6. The Morgan fingerprint density at radius 3 is 2.22 bits per heavy atom. The third kappa shape index (κ3) is 5.94. The minimum absolute atomic E-state index is 0.381. The van der Waals surface area contributed by atoms with Crippen LogP contribution in [-0.4, -0.2) is 27.8 Å². The van der Waals surface area contributed by atoms with Crippen LogP contribution in [0.2, 0.25) is 0 Å². The maximum absolute atomic E-state index is 12.3. The highest BCUT2D eigenvalue weighted by Crippen LogP contribution is 2.17. The topological polar surface area (TPSA) is 73.2 Å². The summed E-state index contributed by atoms with van der Waals surface area (Å²) in [4.78, 5) is 24.6. The molecule has 0 bridgehead atoms. The van der Waals surface area contributed by atoms with Gasteiger partial charge >= 0.3 is 5.97 Å². The van der Waals surface area contributed by atoms with Crippen molar-refractivity contribution in [3.05, 3.63) is 88.2 Å². The number of ether oxygens (including phenoxy) is 1. The van der Waals surface area contributed by atoms with Gasteiger partial charge in [-0.2, -0.15) is 5.10 Å². The minimum atomic E-state index is -0.917. The van der Waals surface area contributed by atoms with Gasteiger partial charge < -0.3 is 10.1 Å². The van der Waals surface area contributed by atoms with Gasteiger partial charge in [0, 0.05) is 23.0 Å². The normalized spacial score (nSPS) is 12.0. The lowest BCUT2D eigenvalue weighted by Crippen LogP contribution is -2.29. The number of esters is 1. The number of benzene rings is 2. The largest absolute Gasteiger partial charge is 0.449 e. The van der Waals surface area contributed by atoms with Gasteiger partial charge in [0.05, 0.1) is 12.2 Å². The van der Waals surface area contributed by atoms with Gasteiger partial charge in [0.15, 0.2) is 6.10 Å². The fourth-order valence-corrected chi connectivity index (χ4v) is 3.27. The van der Waals surface area contributed by atoms with Crippen LogP contribution < -0.4 is 5.32 Å². The van der Waals surface area contributed by atoms with Crippen LogP contribution in [0.4, 0.5) is 5.69 Å². The summed E-state index contributed by atoms with van der Waals surface area (Å²) in [6, 6.07) is 15.7. The van der Waals surface area contributed by atoms with Crippen molar-refractivity contribution in [3.63, 3.8) is 0 Å². The first-order valence-corrected chi connectivity index (χ1v) is 10.6. The van der Waals surface area contributed by atoms with E-state index in [4.69, 9.17) is 4.74 Å². The molecule has 0 fully saturated rings. The van der Waals surface area contributed by atoms with Crippen LogP contribution in [0.25, 0.3) is 6.08 Å². The molecule has 1 atom stereocenters. The molecule has 0 aliphatic carbocycles. The molecule has 1 unspecified atom stereocenters. The van der Waals surface area contributed by atoms with E-state index >= 15 is 0 Å². The molecule has 6 nitrogen and oxygen atoms in total. The van der Waals surface area contributed by atoms with E-state index in [1.54, 1.807) is 13.0 Å². The molecule has 1 aromatic heterocycles. The smallest absolute Gasteiger partial charge is 0.331 e. The summed E-state index contributed by atoms with van der Waals surface area (Å²) in [6.07, 6.45) is 2.11. The highest BCUT2D eigenvalue weighted by molar-refractivity contribution is 5.96. The average Bonchev–Trinajstić information content (AvgIpc) is 3.02. The Labute approximate surface area is 188 Å². The van der Waals surface area contributed by atoms with E-state index in [0.29, 0.717) is 12.2 Å². The maximum atomic E-state index is 12.3. The predicted molar refractivity (Wildman–Crippen MR) is 126 cm³/mol. The molecular weight excluding hydrogens is 402 g/mol. The Balaban J connectivity index is 1.60. The number of aromatic nitrogens is 2. The molecule has 0 spiro atoms. The highest BCUT2D eigenvalue weighted by Gasteiger charge is 2.17. The van der Waals surface area contributed by atoms with Crippen LogP contribution >= 0.6 is 0 Å². The zero-order chi connectivity index (χ0) is 23.3. The lowest BCUT2D eigenvalue weighted by atomic mass is 10.1. The molecule has 6 heteroatoms. The lowest BCUT2D eigenvalue weighted by molar-refractivity contribution is -0.148. The van der Waals surface area contributed by atoms with E-state index in [1.165, 1.54) is 11.6 Å². The van der Waals surface area contributed by atoms with Crippen LogP contribution in [0.5, 0.6) is 0 Å². The van der Waals surface area contributed by atoms with Crippen molar-refractivity contribution >= 4 is 23.6 Å². The predicted octanol–water partition coefficient (Wildman–Crippen LogP) is 4.75. The van der Waals surface area contributed by atoms with E-state index in [9.17, 15) is 9.59 Å². The molecule has 3 rings (SSSR count). The third-order valence-corrected chi connectivity index (χ3v) is 5.26. The summed E-state index contributed by atoms with van der Waals surface area (Å²) in [6.45, 7) is 10.1. The van der Waals surface area contributed by atoms with Gasteiger partial charge in [-0.05, 0) is 58.4 Å². The summed E-state index contributed by atoms with van der Waals surface area (Å²) in [5.41, 5.74) is 6.77. The quantitative estimate of drug-likeness (QED) is 0.433. The van der Waals surface area contributed by atoms with Gasteiger partial charge in [-0.15, -0.1) is 0 Å². The van der Waals surface area contributed by atoms with Gasteiger partial charge in [0.1, 0.15) is 0 Å². The van der Waals surface area contributed by atoms with Gasteiger partial charge in [-0.1, -0.05) is 47.5 Å². The number of carbonyl (C=O) groups is 2. The standard InChI is InChI=1S/C26H29N3O3/c1-17-6-10-22(11-7-17)16-29-20(4)24(19(3)28-29)14-15-25(30)32-21(5)26(31)27-23-12-8-18(2)9-13-23/h6-15,21H,16H2,1-5H3,(H,27,31). The monoisotopic (exact) mass is 431 g/mol. The fraction of sp³-hybridized carbons (Fsp3) is 0.269. The Kier molecular flexibility index (Phi) is 7.25. The summed E-state index contributed by atoms with van der Waals surface area (Å²) >= 11 is 0. The van der Waals surface area contributed by atoms with E-state index in [0.717, 1.165) is 28.1 Å². The number of anilines is 1. The minimum Gasteiger partial charge on any atom is -0.449 e. The Bertz CT molecular complexity index is 1130. The first-order chi connectivity index (χ1) is 15.2. The number of aryl methyl sites for hydroxylation is 3. The van der Waals surface area contributed by atoms with Crippen LogP contribution in [-0.2, 0) is 20.9 Å². The number of hydrogen-bond donors (Lipinski definition) is 1. The molecule has 0 aliphatic heterocycles. The molecule has 1 N–H and O–H groups in total. The molecular formula is C26H29N3O3. The average molecular weight is 432 g/mol. The number of amides is 1. The van der Waals surface area contributed by atoms with Gasteiger partial charge in [-0.3, -0.25) is 9.48 Å². The van der Waals surface area contributed by atoms with Crippen LogP contribution in [0, 0.1) is 27.7 Å². The second kappa shape index (κ2) is 10.1. The van der Waals surface area contributed by atoms with Gasteiger partial charge in [0.25, 0.3) is 5.91 Å². The van der Waals surface area contributed by atoms with E-state index in [2.05, 4.69) is 41.6 Å². The summed E-state index contributed by atoms with van der Waals surface area (Å²) in [5.74, 6) is -0.962. The van der Waals surface area contributed by atoms with Crippen molar-refractivity contribution in [1.82, 2.24) is 9.78 Å². The Morgan fingerprint density at radius 2 is 1.59 bits per heavy atom. The Morgan fingerprint density at radius 1 is 1.00 bits per heavy atom. The molecule has 0 radical (unpaired) electrons. The van der Waals surface area contributed by atoms with Crippen LogP contribution in [0.1, 0.15) is 40.6 Å². The second-order valence-corrected chi connectivity index (χ2v) is 8.00. The van der Waals surface area contributed by atoms with Crippen molar-refractivity contribution in [2.24, 2.45) is 0 Å². The van der Waals surface area contributed by atoms with E-state index in [1.807, 2.05) is 49.7 Å². The highest BCUT2D eigenvalue weighted by atomic mass is 16.5. The third-order valence-electron chi connectivity index (χ3n) is 5.26. The first kappa shape index (κ1) is 23.0. The van der Waals surface area contributed by atoms with Crippen molar-refractivity contribution in [2.75, 3.05) is 5.32 Å². The molecule has 3 aromatic rings. The van der Waals surface area contributed by atoms with Crippen molar-refractivity contribution in [1.29, 1.82) is 0 Å². The lowest BCUT2D eigenvalue weighted by Gasteiger charge is -2.12. The van der Waals surface area contributed by atoms with Crippen LogP contribution in [0.15, 0.2) is 54.6 Å². The van der Waals surface area contributed by atoms with Crippen molar-refractivity contribution in [2.45, 2.75) is 47.3 Å². The molecule has 1 heterocycles. The fourth-order valence-electron chi connectivity index (χ4n) is 3.27. The van der Waals surface area contributed by atoms with Crippen LogP contribution in [0.3, 0.4) is 0 Å². The SMILES string of the molecule is Cc1ccc(Cn2nc(C)c(C=CC(=O)OC(C)C(=O)Nc3ccc(C)cc3)c2C)cc1. The van der Waals surface area contributed by atoms with E-state index in [-0.39, 0.29) is 5.91 Å². The summed E-state index contributed by atoms with van der Waals surface area (Å²) in [7, 11) is 0. The second-order valence-electron chi connectivity index (χ2n) is 8.00. The number of nitrogens with one attached hydrogen (secondary N) is 1. The molecule has 166 valence electrons. The molecule has 1 amide bonds. The molecule has 32 heavy (non-hydrogen) atoms. The molecule has 2 aromatic carbocycles. The summed E-state index contributed by atoms with van der Waals surface area (Å²) in [5, 5.41) is 7.34. The maximum Gasteiger partial charge on any atom is 0.331 e. The van der Waals surface area contributed by atoms with Crippen molar-refractivity contribution < 1.29 is 14.3 Å².